The van der Waals surface area contributed by atoms with E-state index in [1.165, 1.54) is 0 Å². The van der Waals surface area contributed by atoms with Crippen LogP contribution >= 0.6 is 0 Å². The minimum Gasteiger partial charge on any atom is -0.579 e. The van der Waals surface area contributed by atoms with Crippen LogP contribution in [0.5, 0.6) is 0 Å². The molecule has 0 aliphatic rings. The third-order valence-electron chi connectivity index (χ3n) is 1.73. The molecule has 0 atom stereocenters. The lowest BCUT2D eigenvalue weighted by Gasteiger charge is -2.27. The normalized spacial score (nSPS) is 14.4. The van der Waals surface area contributed by atoms with E-state index in [4.69, 9.17) is 16.2 Å². The summed E-state index contributed by atoms with van der Waals surface area (Å²) in [4.78, 5) is 0. The second-order valence-electron chi connectivity index (χ2n) is 3.14. The van der Waals surface area contributed by atoms with Gasteiger partial charge in [-0.25, -0.2) is 5.41 Å². The number of halogens is 3. The van der Waals surface area contributed by atoms with E-state index in [2.05, 4.69) is 0 Å². The quantitative estimate of drug-likeness (QED) is 0.388. The average molecular weight is 197 g/mol. The molecule has 0 rings (SSSR count). The minimum atomic E-state index is -4.47. The van der Waals surface area contributed by atoms with Crippen LogP contribution in [0.4, 0.5) is 13.2 Å². The van der Waals surface area contributed by atoms with Crippen molar-refractivity contribution in [3.8, 4) is 0 Å². The molecule has 0 radical (unpaired) electrons. The SMILES string of the molecule is CC(C)(C(N)=CC(=N)[OH2+])C(F)(F)F. The highest BCUT2D eigenvalue weighted by Crippen LogP contribution is 2.41. The van der Waals surface area contributed by atoms with E-state index in [0.717, 1.165) is 13.8 Å². The second kappa shape index (κ2) is 3.27. The minimum absolute atomic E-state index is 0.528. The Morgan fingerprint density at radius 1 is 1.38 bits per heavy atom. The van der Waals surface area contributed by atoms with E-state index in [9.17, 15) is 13.2 Å². The fourth-order valence-electron chi connectivity index (χ4n) is 0.500. The lowest BCUT2D eigenvalue weighted by Crippen LogP contribution is -2.37. The number of rotatable bonds is 2. The Kier molecular flexibility index (Phi) is 2.97. The standard InChI is InChI=1S/C7H11F3N2O/c1-6(2,7(8,9)10)4(11)3-5(12)13/h3H,11H2,1-2H3,(H2,12,13)/p+1. The van der Waals surface area contributed by atoms with Crippen molar-refractivity contribution in [3.63, 3.8) is 0 Å². The summed E-state index contributed by atoms with van der Waals surface area (Å²) in [5, 5.41) is 13.3. The van der Waals surface area contributed by atoms with Crippen molar-refractivity contribution < 1.29 is 18.3 Å². The van der Waals surface area contributed by atoms with Crippen molar-refractivity contribution in [2.75, 3.05) is 0 Å². The van der Waals surface area contributed by atoms with Gasteiger partial charge in [0.15, 0.2) is 0 Å². The average Bonchev–Trinajstić information content (AvgIpc) is 1.82. The lowest BCUT2D eigenvalue weighted by atomic mass is 9.88. The maximum Gasteiger partial charge on any atom is 0.399 e. The highest BCUT2D eigenvalue weighted by atomic mass is 19.4. The molecule has 0 aliphatic carbocycles. The monoisotopic (exact) mass is 197 g/mol. The summed E-state index contributed by atoms with van der Waals surface area (Å²) in [6, 6.07) is 0. The molecule has 3 nitrogen and oxygen atoms in total. The highest BCUT2D eigenvalue weighted by molar-refractivity contribution is 5.83. The van der Waals surface area contributed by atoms with Crippen LogP contribution in [-0.4, -0.2) is 17.2 Å². The first-order valence-corrected chi connectivity index (χ1v) is 3.43. The number of hydrogen-bond acceptors (Lipinski definition) is 2. The Labute approximate surface area is 73.6 Å². The Hall–Kier alpha value is -1.20. The first kappa shape index (κ1) is 11.8. The van der Waals surface area contributed by atoms with Gasteiger partial charge in [0.2, 0.25) is 0 Å². The van der Waals surface area contributed by atoms with Crippen LogP contribution in [0.3, 0.4) is 0 Å². The van der Waals surface area contributed by atoms with Gasteiger partial charge in [-0.1, -0.05) is 0 Å². The first-order valence-electron chi connectivity index (χ1n) is 3.43. The summed E-state index contributed by atoms with van der Waals surface area (Å²) < 4.78 is 36.8. The van der Waals surface area contributed by atoms with Gasteiger partial charge >= 0.3 is 12.1 Å². The molecule has 0 aromatic heterocycles. The van der Waals surface area contributed by atoms with E-state index >= 15 is 0 Å². The molecule has 0 saturated heterocycles. The number of alkyl halides is 3. The summed E-state index contributed by atoms with van der Waals surface area (Å²) in [5.74, 6) is -0.741. The summed E-state index contributed by atoms with van der Waals surface area (Å²) in [6.45, 7) is 1.81. The van der Waals surface area contributed by atoms with Crippen LogP contribution in [0.15, 0.2) is 11.8 Å². The van der Waals surface area contributed by atoms with Gasteiger partial charge < -0.3 is 10.8 Å². The van der Waals surface area contributed by atoms with Crippen molar-refractivity contribution in [1.29, 1.82) is 5.41 Å². The Bertz CT molecular complexity index is 243. The summed E-state index contributed by atoms with van der Waals surface area (Å²) >= 11 is 0. The van der Waals surface area contributed by atoms with Gasteiger partial charge in [-0.15, -0.1) is 0 Å². The van der Waals surface area contributed by atoms with E-state index in [1.807, 2.05) is 0 Å². The third-order valence-corrected chi connectivity index (χ3v) is 1.73. The lowest BCUT2D eigenvalue weighted by molar-refractivity contribution is -0.197. The number of nitrogens with two attached hydrogens (primary N) is 1. The van der Waals surface area contributed by atoms with Gasteiger partial charge in [0.05, 0.1) is 6.08 Å². The van der Waals surface area contributed by atoms with E-state index in [0.29, 0.717) is 6.08 Å². The predicted octanol–water partition coefficient (Wildman–Crippen LogP) is 1.12. The molecule has 0 aromatic carbocycles. The fraction of sp³-hybridized carbons (Fsp3) is 0.571. The topological polar surface area (TPSA) is 72.8 Å². The van der Waals surface area contributed by atoms with Crippen molar-refractivity contribution in [2.45, 2.75) is 20.0 Å². The molecule has 0 saturated carbocycles. The molecule has 0 amide bonds. The number of nitrogens with one attached hydrogen (secondary N) is 1. The number of allylic oxidation sites excluding steroid dienone is 1. The molecule has 0 unspecified atom stereocenters. The Balaban J connectivity index is 4.95. The zero-order chi connectivity index (χ0) is 10.9. The van der Waals surface area contributed by atoms with E-state index < -0.39 is 23.2 Å². The highest BCUT2D eigenvalue weighted by Gasteiger charge is 2.49. The first-order chi connectivity index (χ1) is 5.59. The molecule has 0 fully saturated rings. The van der Waals surface area contributed by atoms with Crippen molar-refractivity contribution >= 4 is 5.90 Å². The van der Waals surface area contributed by atoms with Crippen LogP contribution in [0.25, 0.3) is 0 Å². The Morgan fingerprint density at radius 3 is 2.00 bits per heavy atom. The zero-order valence-electron chi connectivity index (χ0n) is 7.29. The van der Waals surface area contributed by atoms with Gasteiger partial charge in [0.25, 0.3) is 0 Å². The maximum absolute atomic E-state index is 12.3. The van der Waals surface area contributed by atoms with Gasteiger partial charge in [-0.2, -0.15) is 13.2 Å². The largest absolute Gasteiger partial charge is 0.579 e. The van der Waals surface area contributed by atoms with Crippen LogP contribution in [0.2, 0.25) is 0 Å². The third kappa shape index (κ3) is 2.64. The molecule has 0 bridgehead atoms. The van der Waals surface area contributed by atoms with Crippen LogP contribution < -0.4 is 5.73 Å². The summed E-state index contributed by atoms with van der Waals surface area (Å²) in [7, 11) is 0. The van der Waals surface area contributed by atoms with Crippen LogP contribution in [0, 0.1) is 10.8 Å². The predicted molar refractivity (Wildman–Crippen MR) is 43.4 cm³/mol. The molecular formula is C7H12F3N2O+. The molecule has 76 valence electrons. The van der Waals surface area contributed by atoms with Gasteiger partial charge in [-0.3, -0.25) is 0 Å². The molecule has 6 heteroatoms. The molecule has 0 aliphatic heterocycles. The fourth-order valence-corrected chi connectivity index (χ4v) is 0.500. The summed E-state index contributed by atoms with van der Waals surface area (Å²) in [6.07, 6.45) is -3.78. The molecule has 0 spiro atoms. The van der Waals surface area contributed by atoms with Gasteiger partial charge in [0, 0.05) is 5.70 Å². The molecule has 5 N–H and O–H groups in total. The van der Waals surface area contributed by atoms with Crippen LogP contribution in [0.1, 0.15) is 13.8 Å². The van der Waals surface area contributed by atoms with Crippen molar-refractivity contribution in [2.24, 2.45) is 11.1 Å². The second-order valence-corrected chi connectivity index (χ2v) is 3.14. The van der Waals surface area contributed by atoms with E-state index in [1.54, 1.807) is 0 Å². The van der Waals surface area contributed by atoms with E-state index in [-0.39, 0.29) is 0 Å². The van der Waals surface area contributed by atoms with Gasteiger partial charge in [0.1, 0.15) is 5.41 Å². The summed E-state index contributed by atoms with van der Waals surface area (Å²) in [5.41, 5.74) is 2.40. The van der Waals surface area contributed by atoms with Gasteiger partial charge in [-0.05, 0) is 13.8 Å². The molecule has 0 heterocycles. The maximum atomic E-state index is 12.3. The Morgan fingerprint density at radius 2 is 1.77 bits per heavy atom. The van der Waals surface area contributed by atoms with Crippen molar-refractivity contribution in [3.05, 3.63) is 11.8 Å². The molecule has 0 aromatic rings. The zero-order valence-corrected chi connectivity index (χ0v) is 7.29. The number of hydrogen-bond donors (Lipinski definition) is 2. The molecule has 13 heavy (non-hydrogen) atoms. The van der Waals surface area contributed by atoms with Crippen LogP contribution in [-0.2, 0) is 0 Å². The smallest absolute Gasteiger partial charge is 0.399 e. The van der Waals surface area contributed by atoms with Crippen molar-refractivity contribution in [1.82, 2.24) is 0 Å². The molecular weight excluding hydrogens is 185 g/mol.